The predicted octanol–water partition coefficient (Wildman–Crippen LogP) is 5.32. The Hall–Kier alpha value is -1.96. The van der Waals surface area contributed by atoms with Gasteiger partial charge in [0.2, 0.25) is 0 Å². The average Bonchev–Trinajstić information content (AvgIpc) is 2.54. The zero-order valence-electron chi connectivity index (χ0n) is 13.0. The molecule has 0 fully saturated rings. The van der Waals surface area contributed by atoms with Crippen LogP contribution < -0.4 is 9.47 Å². The summed E-state index contributed by atoms with van der Waals surface area (Å²) in [5, 5.41) is 0. The third-order valence-electron chi connectivity index (χ3n) is 3.26. The third kappa shape index (κ3) is 4.52. The van der Waals surface area contributed by atoms with Crippen molar-refractivity contribution >= 4 is 0 Å². The fourth-order valence-electron chi connectivity index (χ4n) is 2.13. The lowest BCUT2D eigenvalue weighted by molar-refractivity contribution is 0.310. The van der Waals surface area contributed by atoms with E-state index in [-0.39, 0.29) is 0 Å². The molecule has 21 heavy (non-hydrogen) atoms. The normalized spacial score (nSPS) is 10.4. The molecule has 0 amide bonds. The van der Waals surface area contributed by atoms with Crippen molar-refractivity contribution in [1.82, 2.24) is 0 Å². The molecule has 2 nitrogen and oxygen atoms in total. The molecule has 0 bridgehead atoms. The summed E-state index contributed by atoms with van der Waals surface area (Å²) in [5.74, 6) is 1.86. The van der Waals surface area contributed by atoms with Crippen LogP contribution in [0.2, 0.25) is 0 Å². The van der Waals surface area contributed by atoms with E-state index < -0.39 is 0 Å². The number of rotatable bonds is 8. The molecule has 0 N–H and O–H groups in total. The van der Waals surface area contributed by atoms with Crippen LogP contribution in [-0.4, -0.2) is 13.2 Å². The maximum atomic E-state index is 5.91. The molecule has 0 heterocycles. The average molecular weight is 284 g/mol. The fraction of sp³-hybridized carbons (Fsp3) is 0.368. The van der Waals surface area contributed by atoms with Crippen molar-refractivity contribution in [2.24, 2.45) is 0 Å². The summed E-state index contributed by atoms with van der Waals surface area (Å²) in [6.45, 7) is 5.79. The highest BCUT2D eigenvalue weighted by Crippen LogP contribution is 2.32. The smallest absolute Gasteiger partial charge is 0.127 e. The quantitative estimate of drug-likeness (QED) is 0.611. The number of hydrogen-bond acceptors (Lipinski definition) is 2. The first-order valence-corrected chi connectivity index (χ1v) is 7.80. The summed E-state index contributed by atoms with van der Waals surface area (Å²) in [4.78, 5) is 0. The van der Waals surface area contributed by atoms with Crippen molar-refractivity contribution in [2.45, 2.75) is 33.1 Å². The van der Waals surface area contributed by atoms with Gasteiger partial charge in [0.05, 0.1) is 13.2 Å². The van der Waals surface area contributed by atoms with Crippen molar-refractivity contribution in [3.63, 3.8) is 0 Å². The van der Waals surface area contributed by atoms with E-state index >= 15 is 0 Å². The number of hydrogen-bond donors (Lipinski definition) is 0. The largest absolute Gasteiger partial charge is 0.494 e. The van der Waals surface area contributed by atoms with Crippen LogP contribution in [-0.2, 0) is 0 Å². The van der Waals surface area contributed by atoms with Crippen molar-refractivity contribution in [3.05, 3.63) is 48.5 Å². The molecule has 0 aliphatic carbocycles. The monoisotopic (exact) mass is 284 g/mol. The molecule has 2 aromatic carbocycles. The first-order chi connectivity index (χ1) is 10.3. The zero-order chi connectivity index (χ0) is 14.9. The minimum atomic E-state index is 0.748. The Morgan fingerprint density at radius 1 is 0.810 bits per heavy atom. The van der Waals surface area contributed by atoms with Crippen LogP contribution in [0.25, 0.3) is 11.1 Å². The van der Waals surface area contributed by atoms with Gasteiger partial charge in [-0.25, -0.2) is 0 Å². The number of ether oxygens (including phenoxy) is 2. The molecular weight excluding hydrogens is 260 g/mol. The van der Waals surface area contributed by atoms with Gasteiger partial charge in [-0.2, -0.15) is 0 Å². The van der Waals surface area contributed by atoms with Crippen LogP contribution in [0.15, 0.2) is 48.5 Å². The number of para-hydroxylation sites is 1. The molecular formula is C19H24O2. The molecule has 0 aliphatic heterocycles. The van der Waals surface area contributed by atoms with E-state index in [1.54, 1.807) is 0 Å². The van der Waals surface area contributed by atoms with Gasteiger partial charge >= 0.3 is 0 Å². The molecule has 0 radical (unpaired) electrons. The molecule has 0 aromatic heterocycles. The Bertz CT molecular complexity index is 549. The van der Waals surface area contributed by atoms with Gasteiger partial charge in [0.15, 0.2) is 0 Å². The van der Waals surface area contributed by atoms with E-state index in [4.69, 9.17) is 9.47 Å². The molecule has 0 atom stereocenters. The van der Waals surface area contributed by atoms with E-state index in [9.17, 15) is 0 Å². The van der Waals surface area contributed by atoms with Gasteiger partial charge in [0.1, 0.15) is 11.5 Å². The van der Waals surface area contributed by atoms with Crippen molar-refractivity contribution < 1.29 is 9.47 Å². The van der Waals surface area contributed by atoms with Crippen LogP contribution in [0, 0.1) is 0 Å². The molecule has 0 unspecified atom stereocenters. The van der Waals surface area contributed by atoms with Gasteiger partial charge in [-0.05, 0) is 36.6 Å². The molecule has 112 valence electrons. The molecule has 2 heteroatoms. The Morgan fingerprint density at radius 3 is 2.48 bits per heavy atom. The standard InChI is InChI=1S/C19H24O2/c1-3-5-14-21-19-12-7-6-11-18(19)16-9-8-10-17(15-16)20-13-4-2/h6-12,15H,3-5,13-14H2,1-2H3. The molecule has 2 aromatic rings. The predicted molar refractivity (Wildman–Crippen MR) is 88.1 cm³/mol. The highest BCUT2D eigenvalue weighted by atomic mass is 16.5. The summed E-state index contributed by atoms with van der Waals surface area (Å²) in [5.41, 5.74) is 2.26. The molecule has 0 spiro atoms. The van der Waals surface area contributed by atoms with Crippen LogP contribution in [0.5, 0.6) is 11.5 Å². The van der Waals surface area contributed by atoms with Crippen LogP contribution in [0.3, 0.4) is 0 Å². The number of unbranched alkanes of at least 4 members (excludes halogenated alkanes) is 1. The van der Waals surface area contributed by atoms with Crippen molar-refractivity contribution in [1.29, 1.82) is 0 Å². The van der Waals surface area contributed by atoms with Gasteiger partial charge in [0, 0.05) is 5.56 Å². The van der Waals surface area contributed by atoms with E-state index in [2.05, 4.69) is 32.0 Å². The summed E-state index contributed by atoms with van der Waals surface area (Å²) in [7, 11) is 0. The second-order valence-corrected chi connectivity index (χ2v) is 5.07. The molecule has 0 saturated carbocycles. The summed E-state index contributed by atoms with van der Waals surface area (Å²) in [6, 6.07) is 16.4. The maximum Gasteiger partial charge on any atom is 0.127 e. The van der Waals surface area contributed by atoms with E-state index in [0.29, 0.717) is 0 Å². The lowest BCUT2D eigenvalue weighted by atomic mass is 10.0. The minimum Gasteiger partial charge on any atom is -0.494 e. The number of benzene rings is 2. The van der Waals surface area contributed by atoms with E-state index in [1.807, 2.05) is 30.3 Å². The lowest BCUT2D eigenvalue weighted by Gasteiger charge is -2.12. The first-order valence-electron chi connectivity index (χ1n) is 7.80. The Morgan fingerprint density at radius 2 is 1.67 bits per heavy atom. The molecule has 0 aliphatic rings. The Balaban J connectivity index is 2.20. The lowest BCUT2D eigenvalue weighted by Crippen LogP contribution is -1.98. The van der Waals surface area contributed by atoms with Gasteiger partial charge in [0.25, 0.3) is 0 Å². The van der Waals surface area contributed by atoms with Crippen LogP contribution in [0.1, 0.15) is 33.1 Å². The van der Waals surface area contributed by atoms with Gasteiger partial charge in [-0.3, -0.25) is 0 Å². The summed E-state index contributed by atoms with van der Waals surface area (Å²) in [6.07, 6.45) is 3.23. The third-order valence-corrected chi connectivity index (χ3v) is 3.26. The highest BCUT2D eigenvalue weighted by molar-refractivity contribution is 5.71. The second kappa shape index (κ2) is 8.35. The SMILES string of the molecule is CCCCOc1ccccc1-c1cccc(OCCC)c1. The van der Waals surface area contributed by atoms with Crippen molar-refractivity contribution in [3.8, 4) is 22.6 Å². The first kappa shape index (κ1) is 15.4. The summed E-state index contributed by atoms with van der Waals surface area (Å²) >= 11 is 0. The molecule has 0 saturated heterocycles. The topological polar surface area (TPSA) is 18.5 Å². The van der Waals surface area contributed by atoms with Gasteiger partial charge < -0.3 is 9.47 Å². The molecule has 2 rings (SSSR count). The zero-order valence-corrected chi connectivity index (χ0v) is 13.0. The van der Waals surface area contributed by atoms with Crippen molar-refractivity contribution in [2.75, 3.05) is 13.2 Å². The van der Waals surface area contributed by atoms with E-state index in [1.165, 1.54) is 0 Å². The van der Waals surface area contributed by atoms with Gasteiger partial charge in [-0.15, -0.1) is 0 Å². The fourth-order valence-corrected chi connectivity index (χ4v) is 2.13. The second-order valence-electron chi connectivity index (χ2n) is 5.07. The van der Waals surface area contributed by atoms with Gasteiger partial charge in [-0.1, -0.05) is 50.6 Å². The maximum absolute atomic E-state index is 5.91. The summed E-state index contributed by atoms with van der Waals surface area (Å²) < 4.78 is 11.6. The van der Waals surface area contributed by atoms with E-state index in [0.717, 1.165) is 55.1 Å². The highest BCUT2D eigenvalue weighted by Gasteiger charge is 2.06. The van der Waals surface area contributed by atoms with Crippen LogP contribution in [0.4, 0.5) is 0 Å². The Labute approximate surface area is 127 Å². The van der Waals surface area contributed by atoms with Crippen LogP contribution >= 0.6 is 0 Å². The minimum absolute atomic E-state index is 0.748. The Kier molecular flexibility index (Phi) is 6.14.